The fourth-order valence-corrected chi connectivity index (χ4v) is 6.27. The fraction of sp³-hybridized carbons (Fsp3) is 0.400. The molecule has 0 saturated heterocycles. The summed E-state index contributed by atoms with van der Waals surface area (Å²) in [5, 5.41) is 3.83. The summed E-state index contributed by atoms with van der Waals surface area (Å²) in [4.78, 5) is 13.1. The first-order valence-electron chi connectivity index (χ1n) is 11.0. The zero-order valence-corrected chi connectivity index (χ0v) is 19.0. The maximum atomic E-state index is 13.3. The maximum Gasteiger partial charge on any atom is 0.240 e. The third-order valence-electron chi connectivity index (χ3n) is 6.47. The number of hydrogen-bond acceptors (Lipinski definition) is 3. The fourth-order valence-electron chi connectivity index (χ4n) is 4.58. The number of nitrogens with one attached hydrogen (secondary N) is 1. The van der Waals surface area contributed by atoms with Crippen LogP contribution in [0.25, 0.3) is 10.9 Å². The van der Waals surface area contributed by atoms with Crippen LogP contribution < -0.4 is 5.32 Å². The van der Waals surface area contributed by atoms with E-state index in [0.717, 1.165) is 35.9 Å². The number of fused-ring (bicyclic) bond motifs is 1. The summed E-state index contributed by atoms with van der Waals surface area (Å²) < 4.78 is 28.4. The van der Waals surface area contributed by atoms with Gasteiger partial charge in [0, 0.05) is 23.1 Å². The number of aromatic nitrogens is 1. The van der Waals surface area contributed by atoms with Crippen molar-refractivity contribution < 1.29 is 13.2 Å². The lowest BCUT2D eigenvalue weighted by atomic mass is 9.86. The normalized spacial score (nSPS) is 19.4. The monoisotopic (exact) mass is 438 g/mol. The van der Waals surface area contributed by atoms with Crippen molar-refractivity contribution in [2.24, 2.45) is 5.92 Å². The number of rotatable bonds is 6. The van der Waals surface area contributed by atoms with Crippen molar-refractivity contribution in [2.75, 3.05) is 0 Å². The third-order valence-corrected chi connectivity index (χ3v) is 8.15. The minimum atomic E-state index is -3.57. The number of carbonyl (C=O) groups excluding carboxylic acids is 1. The second-order valence-electron chi connectivity index (χ2n) is 8.76. The lowest BCUT2D eigenvalue weighted by Crippen LogP contribution is -2.42. The Hall–Kier alpha value is -2.60. The number of carbonyl (C=O) groups is 1. The number of amides is 1. The molecule has 2 atom stereocenters. The molecule has 4 rings (SSSR count). The topological polar surface area (TPSA) is 68.2 Å². The summed E-state index contributed by atoms with van der Waals surface area (Å²) in [6, 6.07) is 15.1. The molecule has 1 fully saturated rings. The van der Waals surface area contributed by atoms with E-state index in [4.69, 9.17) is 0 Å². The van der Waals surface area contributed by atoms with Crippen LogP contribution in [0.1, 0.15) is 43.7 Å². The van der Waals surface area contributed by atoms with Crippen molar-refractivity contribution in [1.82, 2.24) is 9.88 Å². The van der Waals surface area contributed by atoms with Crippen LogP contribution >= 0.6 is 0 Å². The standard InChI is InChI=1S/C25H30N2O3S/c1-18-9-3-5-11-20(18)17-31(29,30)24-15-27(23-14-8-6-12-21(23)24)16-25(28)26-22-13-7-4-10-19(22)2/h3,5-6,8-9,11-12,14-15,19,22H,4,7,10,13,16-17H2,1-2H3,(H,26,28). The van der Waals surface area contributed by atoms with E-state index in [-0.39, 0.29) is 29.1 Å². The van der Waals surface area contributed by atoms with Gasteiger partial charge in [-0.05, 0) is 42.9 Å². The molecule has 1 N–H and O–H groups in total. The van der Waals surface area contributed by atoms with Crippen LogP contribution in [0.4, 0.5) is 0 Å². The molecule has 5 nitrogen and oxygen atoms in total. The van der Waals surface area contributed by atoms with Crippen molar-refractivity contribution in [2.45, 2.75) is 62.8 Å². The number of para-hydroxylation sites is 1. The Balaban J connectivity index is 1.61. The SMILES string of the molecule is Cc1ccccc1CS(=O)(=O)c1cn(CC(=O)NC2CCCCC2C)c2ccccc12. The molecule has 164 valence electrons. The molecule has 0 aliphatic heterocycles. The van der Waals surface area contributed by atoms with E-state index < -0.39 is 9.84 Å². The van der Waals surface area contributed by atoms with Crippen LogP contribution in [0, 0.1) is 12.8 Å². The van der Waals surface area contributed by atoms with Crippen LogP contribution in [0.3, 0.4) is 0 Å². The molecule has 31 heavy (non-hydrogen) atoms. The molecule has 6 heteroatoms. The summed E-state index contributed by atoms with van der Waals surface area (Å²) in [7, 11) is -3.57. The second kappa shape index (κ2) is 8.87. The number of hydrogen-bond donors (Lipinski definition) is 1. The van der Waals surface area contributed by atoms with Crippen molar-refractivity contribution in [3.05, 3.63) is 65.9 Å². The van der Waals surface area contributed by atoms with Crippen molar-refractivity contribution in [1.29, 1.82) is 0 Å². The van der Waals surface area contributed by atoms with Gasteiger partial charge in [0.2, 0.25) is 5.91 Å². The van der Waals surface area contributed by atoms with Crippen LogP contribution in [0.2, 0.25) is 0 Å². The molecule has 2 aromatic carbocycles. The Bertz CT molecular complexity index is 1200. The minimum Gasteiger partial charge on any atom is -0.352 e. The van der Waals surface area contributed by atoms with Crippen molar-refractivity contribution >= 4 is 26.6 Å². The summed E-state index contributed by atoms with van der Waals surface area (Å²) in [5.41, 5.74) is 2.51. The highest BCUT2D eigenvalue weighted by molar-refractivity contribution is 7.90. The van der Waals surface area contributed by atoms with Crippen LogP contribution in [0.5, 0.6) is 0 Å². The summed E-state index contributed by atoms with van der Waals surface area (Å²) in [5.74, 6) is 0.353. The first-order valence-corrected chi connectivity index (χ1v) is 12.6. The Morgan fingerprint density at radius 1 is 1.06 bits per heavy atom. The molecule has 0 bridgehead atoms. The first-order chi connectivity index (χ1) is 14.8. The highest BCUT2D eigenvalue weighted by atomic mass is 32.2. The molecule has 1 aliphatic rings. The lowest BCUT2D eigenvalue weighted by molar-refractivity contribution is -0.122. The maximum absolute atomic E-state index is 13.3. The van der Waals surface area contributed by atoms with E-state index in [1.165, 1.54) is 6.42 Å². The van der Waals surface area contributed by atoms with Gasteiger partial charge < -0.3 is 9.88 Å². The highest BCUT2D eigenvalue weighted by Crippen LogP contribution is 2.29. The average Bonchev–Trinajstić information content (AvgIpc) is 3.11. The van der Waals surface area contributed by atoms with Gasteiger partial charge >= 0.3 is 0 Å². The average molecular weight is 439 g/mol. The lowest BCUT2D eigenvalue weighted by Gasteiger charge is -2.29. The quantitative estimate of drug-likeness (QED) is 0.611. The van der Waals surface area contributed by atoms with Gasteiger partial charge in [0.1, 0.15) is 6.54 Å². The number of benzene rings is 2. The predicted molar refractivity (Wildman–Crippen MR) is 124 cm³/mol. The third kappa shape index (κ3) is 4.69. The molecule has 1 amide bonds. The highest BCUT2D eigenvalue weighted by Gasteiger charge is 2.25. The van der Waals surface area contributed by atoms with Gasteiger partial charge in [-0.25, -0.2) is 8.42 Å². The van der Waals surface area contributed by atoms with Gasteiger partial charge in [-0.15, -0.1) is 0 Å². The first kappa shape index (κ1) is 21.6. The molecule has 1 heterocycles. The van der Waals surface area contributed by atoms with Gasteiger partial charge in [0.15, 0.2) is 9.84 Å². The molecule has 2 unspecified atom stereocenters. The van der Waals surface area contributed by atoms with E-state index in [2.05, 4.69) is 12.2 Å². The van der Waals surface area contributed by atoms with Crippen molar-refractivity contribution in [3.63, 3.8) is 0 Å². The number of nitrogens with zero attached hydrogens (tertiary/aromatic N) is 1. The van der Waals surface area contributed by atoms with Gasteiger partial charge in [-0.1, -0.05) is 62.2 Å². The largest absolute Gasteiger partial charge is 0.352 e. The molecular weight excluding hydrogens is 408 g/mol. The number of aryl methyl sites for hydroxylation is 1. The Morgan fingerprint density at radius 2 is 1.77 bits per heavy atom. The Morgan fingerprint density at radius 3 is 2.55 bits per heavy atom. The summed E-state index contributed by atoms with van der Waals surface area (Å²) in [6.45, 7) is 4.22. The summed E-state index contributed by atoms with van der Waals surface area (Å²) in [6.07, 6.45) is 6.14. The van der Waals surface area contributed by atoms with Crippen LogP contribution in [0.15, 0.2) is 59.6 Å². The Labute approximate surface area is 184 Å². The molecule has 0 spiro atoms. The number of sulfone groups is 1. The second-order valence-corrected chi connectivity index (χ2v) is 10.7. The Kier molecular flexibility index (Phi) is 6.19. The zero-order chi connectivity index (χ0) is 22.0. The van der Waals surface area contributed by atoms with E-state index in [9.17, 15) is 13.2 Å². The van der Waals surface area contributed by atoms with E-state index in [0.29, 0.717) is 11.3 Å². The van der Waals surface area contributed by atoms with E-state index in [1.54, 1.807) is 10.8 Å². The molecule has 3 aromatic rings. The molecule has 0 radical (unpaired) electrons. The smallest absolute Gasteiger partial charge is 0.240 e. The zero-order valence-electron chi connectivity index (χ0n) is 18.2. The molecule has 1 aromatic heterocycles. The van der Waals surface area contributed by atoms with E-state index in [1.807, 2.05) is 55.5 Å². The molecule has 1 aliphatic carbocycles. The van der Waals surface area contributed by atoms with Crippen LogP contribution in [-0.4, -0.2) is 24.9 Å². The molecular formula is C25H30N2O3S. The summed E-state index contributed by atoms with van der Waals surface area (Å²) >= 11 is 0. The van der Waals surface area contributed by atoms with Gasteiger partial charge in [0.05, 0.1) is 10.6 Å². The van der Waals surface area contributed by atoms with Gasteiger partial charge in [0.25, 0.3) is 0 Å². The minimum absolute atomic E-state index is 0.0561. The van der Waals surface area contributed by atoms with E-state index >= 15 is 0 Å². The van der Waals surface area contributed by atoms with Crippen molar-refractivity contribution in [3.8, 4) is 0 Å². The molecule has 1 saturated carbocycles. The van der Waals surface area contributed by atoms with Gasteiger partial charge in [-0.3, -0.25) is 4.79 Å². The predicted octanol–water partition coefficient (Wildman–Crippen LogP) is 4.62. The van der Waals surface area contributed by atoms with Gasteiger partial charge in [-0.2, -0.15) is 0 Å². The van der Waals surface area contributed by atoms with Crippen LogP contribution in [-0.2, 0) is 26.9 Å².